The van der Waals surface area contributed by atoms with Gasteiger partial charge in [-0.15, -0.1) is 0 Å². The molecule has 1 atom stereocenters. The highest BCUT2D eigenvalue weighted by molar-refractivity contribution is 7.99. The average Bonchev–Trinajstić information content (AvgIpc) is 2.38. The molecule has 1 unspecified atom stereocenters. The smallest absolute Gasteiger partial charge is 0.246 e. The quantitative estimate of drug-likeness (QED) is 0.657. The summed E-state index contributed by atoms with van der Waals surface area (Å²) in [5.74, 6) is 2.26. The van der Waals surface area contributed by atoms with Crippen molar-refractivity contribution in [3.8, 4) is 0 Å². The summed E-state index contributed by atoms with van der Waals surface area (Å²) < 4.78 is 5.61. The summed E-state index contributed by atoms with van der Waals surface area (Å²) in [5, 5.41) is 6.27. The molecule has 18 heavy (non-hydrogen) atoms. The van der Waals surface area contributed by atoms with E-state index in [0.29, 0.717) is 0 Å². The number of carbonyl (C=O) groups is 1. The molecule has 0 spiro atoms. The van der Waals surface area contributed by atoms with E-state index in [2.05, 4.69) is 24.5 Å². The number of rotatable bonds is 8. The van der Waals surface area contributed by atoms with Gasteiger partial charge in [0.05, 0.1) is 6.10 Å². The molecule has 1 aliphatic heterocycles. The molecule has 0 aromatic heterocycles. The zero-order valence-corrected chi connectivity index (χ0v) is 12.4. The molecule has 1 heterocycles. The molecular weight excluding hydrogens is 248 g/mol. The van der Waals surface area contributed by atoms with Crippen molar-refractivity contribution in [2.24, 2.45) is 0 Å². The molecule has 0 aromatic carbocycles. The molecule has 106 valence electrons. The lowest BCUT2D eigenvalue weighted by atomic mass is 10.1. The Balaban J connectivity index is 2.05. The van der Waals surface area contributed by atoms with Crippen LogP contribution in [0.3, 0.4) is 0 Å². The van der Waals surface area contributed by atoms with Gasteiger partial charge in [-0.25, -0.2) is 0 Å². The van der Waals surface area contributed by atoms with Gasteiger partial charge in [0.25, 0.3) is 0 Å². The van der Waals surface area contributed by atoms with Gasteiger partial charge in [0.2, 0.25) is 5.91 Å². The van der Waals surface area contributed by atoms with Crippen LogP contribution in [0.5, 0.6) is 0 Å². The van der Waals surface area contributed by atoms with E-state index in [1.807, 2.05) is 11.8 Å². The third-order valence-electron chi connectivity index (χ3n) is 3.04. The fraction of sp³-hybridized carbons (Fsp3) is 0.923. The van der Waals surface area contributed by atoms with E-state index < -0.39 is 0 Å². The molecule has 0 saturated carbocycles. The van der Waals surface area contributed by atoms with Crippen molar-refractivity contribution in [3.05, 3.63) is 0 Å². The van der Waals surface area contributed by atoms with Gasteiger partial charge < -0.3 is 15.4 Å². The molecule has 1 rings (SSSR count). The minimum Gasteiger partial charge on any atom is -0.368 e. The van der Waals surface area contributed by atoms with Crippen LogP contribution in [0, 0.1) is 0 Å². The van der Waals surface area contributed by atoms with E-state index in [-0.39, 0.29) is 24.7 Å². The molecule has 1 fully saturated rings. The van der Waals surface area contributed by atoms with E-state index in [0.717, 1.165) is 43.9 Å². The van der Waals surface area contributed by atoms with Crippen LogP contribution in [-0.2, 0) is 9.53 Å². The van der Waals surface area contributed by atoms with Crippen LogP contribution >= 0.6 is 11.8 Å². The number of hydrogen-bond donors (Lipinski definition) is 2. The summed E-state index contributed by atoms with van der Waals surface area (Å²) in [6.07, 6.45) is 3.30. The lowest BCUT2D eigenvalue weighted by molar-refractivity contribution is -0.128. The minimum atomic E-state index is 0.0162. The highest BCUT2D eigenvalue weighted by Gasteiger charge is 2.15. The fourth-order valence-corrected chi connectivity index (χ4v) is 2.76. The van der Waals surface area contributed by atoms with Crippen molar-refractivity contribution >= 4 is 17.7 Å². The van der Waals surface area contributed by atoms with Crippen LogP contribution in [0.4, 0.5) is 0 Å². The molecule has 0 bridgehead atoms. The first-order valence-electron chi connectivity index (χ1n) is 6.91. The number of amides is 1. The molecule has 2 N–H and O–H groups in total. The van der Waals surface area contributed by atoms with Gasteiger partial charge in [0.15, 0.2) is 0 Å². The molecular formula is C13H26N2O2S. The number of ether oxygens (including phenoxy) is 1. The second-order valence-corrected chi connectivity index (χ2v) is 6.11. The van der Waals surface area contributed by atoms with E-state index in [1.165, 1.54) is 0 Å². The number of hydrogen-bond acceptors (Lipinski definition) is 4. The predicted octanol–water partition coefficient (Wildman–Crippen LogP) is 1.40. The van der Waals surface area contributed by atoms with Gasteiger partial charge in [0.1, 0.15) is 6.61 Å². The van der Waals surface area contributed by atoms with Crippen molar-refractivity contribution in [3.63, 3.8) is 0 Å². The minimum absolute atomic E-state index is 0.0162. The SMILES string of the molecule is CCSCCC(C)NC(=O)COC1CCNCC1. The average molecular weight is 274 g/mol. The van der Waals surface area contributed by atoms with Gasteiger partial charge in [-0.1, -0.05) is 6.92 Å². The number of thioether (sulfide) groups is 1. The Morgan fingerprint density at radius 1 is 1.50 bits per heavy atom. The lowest BCUT2D eigenvalue weighted by Gasteiger charge is -2.23. The van der Waals surface area contributed by atoms with Crippen LogP contribution in [0.2, 0.25) is 0 Å². The normalized spacial score (nSPS) is 18.6. The van der Waals surface area contributed by atoms with E-state index in [4.69, 9.17) is 4.74 Å². The Morgan fingerprint density at radius 3 is 2.89 bits per heavy atom. The lowest BCUT2D eigenvalue weighted by Crippen LogP contribution is -2.38. The first-order chi connectivity index (χ1) is 8.72. The zero-order valence-electron chi connectivity index (χ0n) is 11.5. The summed E-state index contributed by atoms with van der Waals surface area (Å²) in [7, 11) is 0. The maximum absolute atomic E-state index is 11.7. The Kier molecular flexibility index (Phi) is 8.46. The van der Waals surface area contributed by atoms with E-state index >= 15 is 0 Å². The van der Waals surface area contributed by atoms with E-state index in [9.17, 15) is 4.79 Å². The van der Waals surface area contributed by atoms with Crippen LogP contribution < -0.4 is 10.6 Å². The van der Waals surface area contributed by atoms with E-state index in [1.54, 1.807) is 0 Å². The molecule has 0 aromatic rings. The summed E-state index contributed by atoms with van der Waals surface area (Å²) >= 11 is 1.91. The van der Waals surface area contributed by atoms with Crippen LogP contribution in [-0.4, -0.2) is 49.3 Å². The second-order valence-electron chi connectivity index (χ2n) is 4.71. The van der Waals surface area contributed by atoms with Gasteiger partial charge in [-0.05, 0) is 50.8 Å². The Hall–Kier alpha value is -0.260. The number of piperidine rings is 1. The van der Waals surface area contributed by atoms with Crippen molar-refractivity contribution in [2.45, 2.75) is 45.3 Å². The molecule has 1 amide bonds. The summed E-state index contributed by atoms with van der Waals surface area (Å²) in [6.45, 7) is 6.41. The maximum Gasteiger partial charge on any atom is 0.246 e. The van der Waals surface area contributed by atoms with Crippen LogP contribution in [0.15, 0.2) is 0 Å². The molecule has 1 saturated heterocycles. The standard InChI is InChI=1S/C13H26N2O2S/c1-3-18-9-6-11(2)15-13(16)10-17-12-4-7-14-8-5-12/h11-12,14H,3-10H2,1-2H3,(H,15,16). The Morgan fingerprint density at radius 2 is 2.22 bits per heavy atom. The topological polar surface area (TPSA) is 50.4 Å². The first kappa shape index (κ1) is 15.8. The molecule has 0 radical (unpaired) electrons. The zero-order chi connectivity index (χ0) is 13.2. The highest BCUT2D eigenvalue weighted by Crippen LogP contribution is 2.07. The highest BCUT2D eigenvalue weighted by atomic mass is 32.2. The Labute approximate surface area is 115 Å². The van der Waals surface area contributed by atoms with Crippen LogP contribution in [0.1, 0.15) is 33.1 Å². The molecule has 5 heteroatoms. The van der Waals surface area contributed by atoms with Gasteiger partial charge in [-0.2, -0.15) is 11.8 Å². The Bertz CT molecular complexity index is 233. The summed E-state index contributed by atoms with van der Waals surface area (Å²) in [6, 6.07) is 0.244. The van der Waals surface area contributed by atoms with Crippen molar-refractivity contribution in [2.75, 3.05) is 31.2 Å². The largest absolute Gasteiger partial charge is 0.368 e. The number of nitrogens with one attached hydrogen (secondary N) is 2. The van der Waals surface area contributed by atoms with Crippen LogP contribution in [0.25, 0.3) is 0 Å². The third kappa shape index (κ3) is 7.24. The number of carbonyl (C=O) groups excluding carboxylic acids is 1. The maximum atomic E-state index is 11.7. The van der Waals surface area contributed by atoms with Crippen molar-refractivity contribution < 1.29 is 9.53 Å². The summed E-state index contributed by atoms with van der Waals surface area (Å²) in [4.78, 5) is 11.7. The predicted molar refractivity (Wildman–Crippen MR) is 77.1 cm³/mol. The molecule has 4 nitrogen and oxygen atoms in total. The summed E-state index contributed by atoms with van der Waals surface area (Å²) in [5.41, 5.74) is 0. The van der Waals surface area contributed by atoms with Gasteiger partial charge >= 0.3 is 0 Å². The fourth-order valence-electron chi connectivity index (χ4n) is 1.95. The van der Waals surface area contributed by atoms with Gasteiger partial charge in [-0.3, -0.25) is 4.79 Å². The first-order valence-corrected chi connectivity index (χ1v) is 8.07. The van der Waals surface area contributed by atoms with Gasteiger partial charge in [0, 0.05) is 6.04 Å². The third-order valence-corrected chi connectivity index (χ3v) is 3.98. The molecule has 1 aliphatic rings. The monoisotopic (exact) mass is 274 g/mol. The van der Waals surface area contributed by atoms with Crippen molar-refractivity contribution in [1.82, 2.24) is 10.6 Å². The van der Waals surface area contributed by atoms with Crippen molar-refractivity contribution in [1.29, 1.82) is 0 Å². The second kappa shape index (κ2) is 9.64. The molecule has 0 aliphatic carbocycles.